The summed E-state index contributed by atoms with van der Waals surface area (Å²) in [5, 5.41) is 11.8. The number of rotatable bonds is 4. The molecular formula is C10H19N5O. The number of aromatic nitrogens is 4. The number of tetrazole rings is 1. The summed E-state index contributed by atoms with van der Waals surface area (Å²) in [6.07, 6.45) is 1.36. The molecule has 1 fully saturated rings. The van der Waals surface area contributed by atoms with E-state index in [4.69, 9.17) is 4.74 Å². The van der Waals surface area contributed by atoms with Crippen LogP contribution in [0.4, 0.5) is 0 Å². The van der Waals surface area contributed by atoms with Crippen LogP contribution in [-0.2, 0) is 17.8 Å². The van der Waals surface area contributed by atoms with Crippen LogP contribution in [0, 0.1) is 0 Å². The molecule has 1 aliphatic heterocycles. The highest BCUT2D eigenvalue weighted by molar-refractivity contribution is 4.82. The Morgan fingerprint density at radius 1 is 1.50 bits per heavy atom. The highest BCUT2D eigenvalue weighted by Crippen LogP contribution is 2.08. The van der Waals surface area contributed by atoms with Crippen molar-refractivity contribution < 1.29 is 4.74 Å². The van der Waals surface area contributed by atoms with Gasteiger partial charge in [0.15, 0.2) is 5.82 Å². The average Bonchev–Trinajstić information content (AvgIpc) is 2.66. The highest BCUT2D eigenvalue weighted by Gasteiger charge is 2.18. The second-order valence-electron chi connectivity index (χ2n) is 4.23. The predicted octanol–water partition coefficient (Wildman–Crippen LogP) is 0.304. The number of aryl methyl sites for hydroxylation is 1. The topological polar surface area (TPSA) is 56.1 Å². The molecule has 0 aromatic carbocycles. The summed E-state index contributed by atoms with van der Waals surface area (Å²) in [4.78, 5) is 2.34. The number of hydrogen-bond acceptors (Lipinski definition) is 5. The van der Waals surface area contributed by atoms with E-state index in [0.717, 1.165) is 45.0 Å². The lowest BCUT2D eigenvalue weighted by atomic mass is 10.3. The monoisotopic (exact) mass is 225 g/mol. The lowest BCUT2D eigenvalue weighted by molar-refractivity contribution is -0.0224. The fourth-order valence-corrected chi connectivity index (χ4v) is 1.96. The minimum absolute atomic E-state index is 0.309. The van der Waals surface area contributed by atoms with Gasteiger partial charge in [-0.15, -0.1) is 5.10 Å². The molecule has 1 atom stereocenters. The molecule has 0 N–H and O–H groups in total. The van der Waals surface area contributed by atoms with E-state index in [2.05, 4.69) is 34.3 Å². The zero-order chi connectivity index (χ0) is 11.4. The van der Waals surface area contributed by atoms with E-state index >= 15 is 0 Å². The molecule has 1 aromatic rings. The Balaban J connectivity index is 1.94. The Bertz CT molecular complexity index is 327. The van der Waals surface area contributed by atoms with E-state index in [0.29, 0.717) is 6.10 Å². The molecule has 6 nitrogen and oxygen atoms in total. The molecule has 1 aromatic heterocycles. The third-order valence-electron chi connectivity index (χ3n) is 2.73. The van der Waals surface area contributed by atoms with Gasteiger partial charge in [0.05, 0.1) is 19.3 Å². The van der Waals surface area contributed by atoms with Crippen LogP contribution in [0.2, 0.25) is 0 Å². The van der Waals surface area contributed by atoms with Crippen molar-refractivity contribution in [3.63, 3.8) is 0 Å². The van der Waals surface area contributed by atoms with Crippen molar-refractivity contribution in [2.24, 2.45) is 0 Å². The van der Waals surface area contributed by atoms with Crippen molar-refractivity contribution in [2.45, 2.75) is 39.5 Å². The second-order valence-corrected chi connectivity index (χ2v) is 4.23. The summed E-state index contributed by atoms with van der Waals surface area (Å²) in [5.74, 6) is 0.955. The van der Waals surface area contributed by atoms with Crippen LogP contribution in [-0.4, -0.2) is 50.9 Å². The molecule has 16 heavy (non-hydrogen) atoms. The molecule has 2 rings (SSSR count). The Labute approximate surface area is 95.6 Å². The predicted molar refractivity (Wildman–Crippen MR) is 58.8 cm³/mol. The summed E-state index contributed by atoms with van der Waals surface area (Å²) >= 11 is 0. The first-order chi connectivity index (χ1) is 7.79. The van der Waals surface area contributed by atoms with E-state index in [1.54, 1.807) is 0 Å². The van der Waals surface area contributed by atoms with Gasteiger partial charge in [-0.3, -0.25) is 4.90 Å². The van der Waals surface area contributed by atoms with Crippen LogP contribution in [0.1, 0.15) is 26.1 Å². The van der Waals surface area contributed by atoms with Crippen molar-refractivity contribution in [1.82, 2.24) is 25.1 Å². The third kappa shape index (κ3) is 2.76. The van der Waals surface area contributed by atoms with Crippen LogP contribution < -0.4 is 0 Å². The molecule has 0 saturated carbocycles. The van der Waals surface area contributed by atoms with Gasteiger partial charge in [0.1, 0.15) is 0 Å². The minimum Gasteiger partial charge on any atom is -0.376 e. The molecule has 1 aliphatic rings. The number of morpholine rings is 1. The lowest BCUT2D eigenvalue weighted by Gasteiger charge is -2.30. The zero-order valence-electron chi connectivity index (χ0n) is 9.96. The summed E-state index contributed by atoms with van der Waals surface area (Å²) in [7, 11) is 0. The Hall–Kier alpha value is -1.01. The van der Waals surface area contributed by atoms with Crippen LogP contribution in [0.5, 0.6) is 0 Å². The number of nitrogens with zero attached hydrogens (tertiary/aromatic N) is 5. The fraction of sp³-hybridized carbons (Fsp3) is 0.900. The number of hydrogen-bond donors (Lipinski definition) is 0. The molecule has 0 spiro atoms. The molecule has 1 saturated heterocycles. The maximum absolute atomic E-state index is 5.50. The molecule has 0 bridgehead atoms. The average molecular weight is 225 g/mol. The normalized spacial score (nSPS) is 22.5. The largest absolute Gasteiger partial charge is 0.376 e. The molecule has 2 heterocycles. The molecule has 0 aliphatic carbocycles. The molecule has 0 unspecified atom stereocenters. The van der Waals surface area contributed by atoms with E-state index < -0.39 is 0 Å². The summed E-state index contributed by atoms with van der Waals surface area (Å²) in [6.45, 7) is 8.66. The maximum Gasteiger partial charge on any atom is 0.165 e. The van der Waals surface area contributed by atoms with Gasteiger partial charge >= 0.3 is 0 Å². The van der Waals surface area contributed by atoms with Crippen LogP contribution >= 0.6 is 0 Å². The van der Waals surface area contributed by atoms with Gasteiger partial charge in [-0.1, -0.05) is 6.92 Å². The van der Waals surface area contributed by atoms with Crippen LogP contribution in [0.25, 0.3) is 0 Å². The van der Waals surface area contributed by atoms with Gasteiger partial charge in [0.25, 0.3) is 0 Å². The summed E-state index contributed by atoms with van der Waals surface area (Å²) in [5.41, 5.74) is 0. The lowest BCUT2D eigenvalue weighted by Crippen LogP contribution is -2.41. The summed E-state index contributed by atoms with van der Waals surface area (Å²) in [6, 6.07) is 0. The molecular weight excluding hydrogens is 206 g/mol. The highest BCUT2D eigenvalue weighted by atomic mass is 16.5. The zero-order valence-corrected chi connectivity index (χ0v) is 9.96. The second kappa shape index (κ2) is 5.36. The van der Waals surface area contributed by atoms with E-state index in [-0.39, 0.29) is 0 Å². The maximum atomic E-state index is 5.50. The van der Waals surface area contributed by atoms with Crippen molar-refractivity contribution in [1.29, 1.82) is 0 Å². The fourth-order valence-electron chi connectivity index (χ4n) is 1.96. The molecule has 6 heteroatoms. The first-order valence-corrected chi connectivity index (χ1v) is 5.88. The van der Waals surface area contributed by atoms with Crippen molar-refractivity contribution in [3.8, 4) is 0 Å². The smallest absolute Gasteiger partial charge is 0.165 e. The van der Waals surface area contributed by atoms with Crippen molar-refractivity contribution in [3.05, 3.63) is 5.82 Å². The molecule has 0 amide bonds. The van der Waals surface area contributed by atoms with Gasteiger partial charge in [-0.2, -0.15) is 0 Å². The van der Waals surface area contributed by atoms with E-state index in [9.17, 15) is 0 Å². The van der Waals surface area contributed by atoms with E-state index in [1.807, 2.05) is 4.68 Å². The van der Waals surface area contributed by atoms with Gasteiger partial charge in [0.2, 0.25) is 0 Å². The Morgan fingerprint density at radius 3 is 3.12 bits per heavy atom. The van der Waals surface area contributed by atoms with Crippen molar-refractivity contribution in [2.75, 3.05) is 19.7 Å². The van der Waals surface area contributed by atoms with Crippen molar-refractivity contribution >= 4 is 0 Å². The van der Waals surface area contributed by atoms with Gasteiger partial charge in [0, 0.05) is 19.6 Å². The van der Waals surface area contributed by atoms with Gasteiger partial charge in [-0.05, 0) is 23.8 Å². The SMILES string of the molecule is CCCn1nnnc1CN1CCO[C@H](C)C1. The molecule has 0 radical (unpaired) electrons. The minimum atomic E-state index is 0.309. The summed E-state index contributed by atoms with van der Waals surface area (Å²) < 4.78 is 7.39. The first-order valence-electron chi connectivity index (χ1n) is 5.88. The standard InChI is InChI=1S/C10H19N5O/c1-3-4-15-10(11-12-13-15)8-14-5-6-16-9(2)7-14/h9H,3-8H2,1-2H3/t9-/m1/s1. The van der Waals surface area contributed by atoms with E-state index in [1.165, 1.54) is 0 Å². The van der Waals surface area contributed by atoms with Crippen LogP contribution in [0.3, 0.4) is 0 Å². The molecule has 90 valence electrons. The van der Waals surface area contributed by atoms with Crippen LogP contribution in [0.15, 0.2) is 0 Å². The number of ether oxygens (including phenoxy) is 1. The Kier molecular flexibility index (Phi) is 3.84. The first kappa shape index (κ1) is 11.5. The third-order valence-corrected chi connectivity index (χ3v) is 2.73. The van der Waals surface area contributed by atoms with Gasteiger partial charge in [-0.25, -0.2) is 4.68 Å². The quantitative estimate of drug-likeness (QED) is 0.738. The van der Waals surface area contributed by atoms with Gasteiger partial charge < -0.3 is 4.74 Å². The Morgan fingerprint density at radius 2 is 2.38 bits per heavy atom.